The molecule has 4 unspecified atom stereocenters. The number of unbranched alkanes of at least 4 members (excludes halogenated alkanes) is 1. The summed E-state index contributed by atoms with van der Waals surface area (Å²) in [4.78, 5) is 49.1. The summed E-state index contributed by atoms with van der Waals surface area (Å²) in [5.74, 6) is -3.84. The van der Waals surface area contributed by atoms with Gasteiger partial charge in [0, 0.05) is 6.42 Å². The number of phenolic OH excluding ortho intramolecular Hbond substituents is 1. The van der Waals surface area contributed by atoms with E-state index >= 15 is 0 Å². The van der Waals surface area contributed by atoms with Gasteiger partial charge in [0.05, 0.1) is 13.2 Å². The summed E-state index contributed by atoms with van der Waals surface area (Å²) in [7, 11) is 0. The number of nitrogens with two attached hydrogens (primary N) is 2. The molecule has 1 aromatic rings. The first-order chi connectivity index (χ1) is 16.1. The van der Waals surface area contributed by atoms with Crippen LogP contribution >= 0.6 is 0 Å². The van der Waals surface area contributed by atoms with Crippen LogP contribution in [0.5, 0.6) is 5.75 Å². The first-order valence-corrected chi connectivity index (χ1v) is 10.7. The molecule has 3 amide bonds. The first kappa shape index (κ1) is 28.8. The van der Waals surface area contributed by atoms with E-state index in [-0.39, 0.29) is 18.6 Å². The Morgan fingerprint density at radius 3 is 1.91 bits per heavy atom. The van der Waals surface area contributed by atoms with Crippen molar-refractivity contribution >= 4 is 23.7 Å². The van der Waals surface area contributed by atoms with Crippen molar-refractivity contribution in [1.82, 2.24) is 16.0 Å². The number of aliphatic hydroxyl groups excluding tert-OH is 2. The average Bonchev–Trinajstić information content (AvgIpc) is 2.81. The third-order valence-corrected chi connectivity index (χ3v) is 4.92. The van der Waals surface area contributed by atoms with Crippen LogP contribution < -0.4 is 27.4 Å². The molecule has 1 aromatic carbocycles. The minimum absolute atomic E-state index is 0.0112. The molecular weight excluding hydrogens is 450 g/mol. The SMILES string of the molecule is NCCCCC(NC(=O)C(N)CO)C(=O)NC(Cc1ccc(O)cc1)C(=O)NC(CO)C(=O)O. The second-order valence-electron chi connectivity index (χ2n) is 7.65. The molecule has 0 saturated heterocycles. The number of benzene rings is 1. The minimum Gasteiger partial charge on any atom is -0.508 e. The summed E-state index contributed by atoms with van der Waals surface area (Å²) >= 11 is 0. The van der Waals surface area contributed by atoms with Gasteiger partial charge in [-0.25, -0.2) is 4.79 Å². The summed E-state index contributed by atoms with van der Waals surface area (Å²) in [6.45, 7) is -1.13. The van der Waals surface area contributed by atoms with Gasteiger partial charge >= 0.3 is 5.97 Å². The molecule has 0 spiro atoms. The van der Waals surface area contributed by atoms with Crippen LogP contribution in [0, 0.1) is 0 Å². The van der Waals surface area contributed by atoms with E-state index < -0.39 is 61.1 Å². The maximum atomic E-state index is 13.0. The molecule has 34 heavy (non-hydrogen) atoms. The van der Waals surface area contributed by atoms with E-state index in [9.17, 15) is 29.4 Å². The summed E-state index contributed by atoms with van der Waals surface area (Å²) in [6, 6.07) is 0.590. The summed E-state index contributed by atoms with van der Waals surface area (Å²) in [5, 5.41) is 44.0. The molecule has 11 N–H and O–H groups in total. The number of rotatable bonds is 15. The molecule has 0 heterocycles. The highest BCUT2D eigenvalue weighted by Gasteiger charge is 2.30. The molecule has 0 aliphatic rings. The van der Waals surface area contributed by atoms with Crippen LogP contribution in [-0.2, 0) is 25.6 Å². The Balaban J connectivity index is 3.09. The molecule has 13 nitrogen and oxygen atoms in total. The van der Waals surface area contributed by atoms with E-state index in [0.717, 1.165) is 0 Å². The standard InChI is InChI=1S/C21H33N5O8/c22-8-2-1-3-15(24-18(30)14(23)10-27)19(31)25-16(9-12-4-6-13(29)7-5-12)20(32)26-17(11-28)21(33)34/h4-7,14-17,27-29H,1-3,8-11,22-23H2,(H,24,30)(H,25,31)(H,26,32)(H,33,34). The van der Waals surface area contributed by atoms with Gasteiger partial charge in [0.1, 0.15) is 29.9 Å². The van der Waals surface area contributed by atoms with Crippen LogP contribution in [0.15, 0.2) is 24.3 Å². The van der Waals surface area contributed by atoms with Crippen LogP contribution in [0.25, 0.3) is 0 Å². The predicted octanol–water partition coefficient (Wildman–Crippen LogP) is -3.09. The fourth-order valence-corrected chi connectivity index (χ4v) is 2.93. The Bertz CT molecular complexity index is 820. The monoisotopic (exact) mass is 483 g/mol. The zero-order valence-corrected chi connectivity index (χ0v) is 18.6. The molecule has 0 fully saturated rings. The highest BCUT2D eigenvalue weighted by Crippen LogP contribution is 2.12. The first-order valence-electron chi connectivity index (χ1n) is 10.7. The van der Waals surface area contributed by atoms with Gasteiger partial charge < -0.3 is 47.8 Å². The van der Waals surface area contributed by atoms with E-state index in [1.165, 1.54) is 24.3 Å². The van der Waals surface area contributed by atoms with Crippen LogP contribution in [0.3, 0.4) is 0 Å². The highest BCUT2D eigenvalue weighted by atomic mass is 16.4. The van der Waals surface area contributed by atoms with Gasteiger partial charge in [0.25, 0.3) is 0 Å². The average molecular weight is 484 g/mol. The van der Waals surface area contributed by atoms with E-state index in [1.54, 1.807) is 0 Å². The number of carbonyl (C=O) groups excluding carboxylic acids is 3. The van der Waals surface area contributed by atoms with Gasteiger partial charge in [-0.15, -0.1) is 0 Å². The van der Waals surface area contributed by atoms with Gasteiger partial charge in [0.2, 0.25) is 17.7 Å². The largest absolute Gasteiger partial charge is 0.508 e. The van der Waals surface area contributed by atoms with Crippen molar-refractivity contribution < 1.29 is 39.6 Å². The van der Waals surface area contributed by atoms with Gasteiger partial charge in [-0.3, -0.25) is 14.4 Å². The van der Waals surface area contributed by atoms with Crippen molar-refractivity contribution in [3.05, 3.63) is 29.8 Å². The van der Waals surface area contributed by atoms with E-state index in [4.69, 9.17) is 21.7 Å². The quantitative estimate of drug-likeness (QED) is 0.114. The number of hydrogen-bond acceptors (Lipinski definition) is 9. The molecule has 0 aliphatic carbocycles. The number of carboxylic acids is 1. The molecular formula is C21H33N5O8. The number of carbonyl (C=O) groups is 4. The number of nitrogens with one attached hydrogen (secondary N) is 3. The number of amides is 3. The molecule has 4 atom stereocenters. The van der Waals surface area contributed by atoms with Crippen LogP contribution in [0.2, 0.25) is 0 Å². The molecule has 0 aliphatic heterocycles. The fourth-order valence-electron chi connectivity index (χ4n) is 2.93. The number of phenols is 1. The van der Waals surface area contributed by atoms with Gasteiger partial charge in [-0.1, -0.05) is 12.1 Å². The van der Waals surface area contributed by atoms with Crippen molar-refractivity contribution in [2.75, 3.05) is 19.8 Å². The lowest BCUT2D eigenvalue weighted by Gasteiger charge is -2.25. The maximum Gasteiger partial charge on any atom is 0.328 e. The van der Waals surface area contributed by atoms with E-state index in [0.29, 0.717) is 24.9 Å². The van der Waals surface area contributed by atoms with Crippen LogP contribution in [0.1, 0.15) is 24.8 Å². The third-order valence-electron chi connectivity index (χ3n) is 4.92. The van der Waals surface area contributed by atoms with Crippen molar-refractivity contribution in [1.29, 1.82) is 0 Å². The zero-order chi connectivity index (χ0) is 25.7. The Morgan fingerprint density at radius 2 is 1.38 bits per heavy atom. The Hall–Kier alpha value is -3.26. The zero-order valence-electron chi connectivity index (χ0n) is 18.6. The second kappa shape index (κ2) is 14.8. The summed E-state index contributed by atoms with van der Waals surface area (Å²) < 4.78 is 0. The highest BCUT2D eigenvalue weighted by molar-refractivity contribution is 5.94. The molecule has 0 bridgehead atoms. The number of hydrogen-bond donors (Lipinski definition) is 9. The van der Waals surface area contributed by atoms with Crippen LogP contribution in [0.4, 0.5) is 0 Å². The van der Waals surface area contributed by atoms with Crippen molar-refractivity contribution in [3.63, 3.8) is 0 Å². The lowest BCUT2D eigenvalue weighted by atomic mass is 10.0. The fraction of sp³-hybridized carbons (Fsp3) is 0.524. The van der Waals surface area contributed by atoms with Crippen molar-refractivity contribution in [2.45, 2.75) is 49.9 Å². The second-order valence-corrected chi connectivity index (χ2v) is 7.65. The number of aliphatic hydroxyl groups is 2. The molecule has 190 valence electrons. The van der Waals surface area contributed by atoms with E-state index in [1.807, 2.05) is 0 Å². The molecule has 13 heteroatoms. The Kier molecular flexibility index (Phi) is 12.5. The van der Waals surface area contributed by atoms with Gasteiger partial charge in [-0.2, -0.15) is 0 Å². The predicted molar refractivity (Wildman–Crippen MR) is 120 cm³/mol. The van der Waals surface area contributed by atoms with Crippen molar-refractivity contribution in [3.8, 4) is 5.75 Å². The van der Waals surface area contributed by atoms with Gasteiger partial charge in [0.15, 0.2) is 0 Å². The molecule has 0 aromatic heterocycles. The third kappa shape index (κ3) is 9.70. The Morgan fingerprint density at radius 1 is 0.824 bits per heavy atom. The number of carboxylic acid groups (broad SMARTS) is 1. The normalized spacial score (nSPS) is 14.4. The lowest BCUT2D eigenvalue weighted by Crippen LogP contribution is -2.58. The molecule has 0 saturated carbocycles. The Labute approximate surface area is 196 Å². The van der Waals surface area contributed by atoms with Crippen LogP contribution in [-0.4, -0.2) is 88.0 Å². The summed E-state index contributed by atoms with van der Waals surface area (Å²) in [6.07, 6.45) is 1.15. The van der Waals surface area contributed by atoms with E-state index in [2.05, 4.69) is 16.0 Å². The molecule has 1 rings (SSSR count). The number of aliphatic carboxylic acids is 1. The van der Waals surface area contributed by atoms with Crippen molar-refractivity contribution in [2.24, 2.45) is 11.5 Å². The molecule has 0 radical (unpaired) electrons. The topological polar surface area (TPSA) is 237 Å². The maximum absolute atomic E-state index is 13.0. The lowest BCUT2D eigenvalue weighted by molar-refractivity contribution is -0.143. The van der Waals surface area contributed by atoms with Gasteiger partial charge in [-0.05, 0) is 43.5 Å². The number of aromatic hydroxyl groups is 1. The minimum atomic E-state index is -1.59. The smallest absolute Gasteiger partial charge is 0.328 e. The summed E-state index contributed by atoms with van der Waals surface area (Å²) in [5.41, 5.74) is 11.5.